The lowest BCUT2D eigenvalue weighted by atomic mass is 10.2. The number of nitrogens with two attached hydrogens (primary N) is 1. The summed E-state index contributed by atoms with van der Waals surface area (Å²) in [5.41, 5.74) is 5.18. The van der Waals surface area contributed by atoms with Crippen molar-refractivity contribution in [3.63, 3.8) is 0 Å². The molecule has 0 aliphatic heterocycles. The summed E-state index contributed by atoms with van der Waals surface area (Å²) in [6, 6.07) is 3.43. The van der Waals surface area contributed by atoms with Crippen molar-refractivity contribution >= 4 is 27.6 Å². The molecule has 116 valence electrons. The minimum atomic E-state index is -4.15. The summed E-state index contributed by atoms with van der Waals surface area (Å²) in [6.07, 6.45) is 0.719. The van der Waals surface area contributed by atoms with E-state index >= 15 is 0 Å². The molecule has 5 N–H and O–H groups in total. The number of carbonyl (C=O) groups is 2. The lowest BCUT2D eigenvalue weighted by Gasteiger charge is -2.10. The van der Waals surface area contributed by atoms with Crippen molar-refractivity contribution in [1.82, 2.24) is 10.0 Å². The molecule has 0 unspecified atom stereocenters. The van der Waals surface area contributed by atoms with Crippen LogP contribution in [0.15, 0.2) is 23.1 Å². The van der Waals surface area contributed by atoms with Crippen molar-refractivity contribution < 1.29 is 23.1 Å². The highest BCUT2D eigenvalue weighted by atomic mass is 32.2. The van der Waals surface area contributed by atoms with E-state index in [-0.39, 0.29) is 5.69 Å². The normalized spacial score (nSPS) is 11.1. The first kappa shape index (κ1) is 16.9. The van der Waals surface area contributed by atoms with Crippen LogP contribution in [0.1, 0.15) is 23.7 Å². The number of amides is 1. The van der Waals surface area contributed by atoms with Gasteiger partial charge in [0, 0.05) is 12.2 Å². The second-order valence-electron chi connectivity index (χ2n) is 4.24. The highest BCUT2D eigenvalue weighted by molar-refractivity contribution is 7.89. The lowest BCUT2D eigenvalue weighted by molar-refractivity contribution is -0.119. The first-order valence-electron chi connectivity index (χ1n) is 6.17. The molecular formula is C12H17N3O5S. The van der Waals surface area contributed by atoms with Gasteiger partial charge in [-0.05, 0) is 24.6 Å². The van der Waals surface area contributed by atoms with E-state index in [4.69, 9.17) is 10.8 Å². The quantitative estimate of drug-likeness (QED) is 0.513. The van der Waals surface area contributed by atoms with Gasteiger partial charge < -0.3 is 16.2 Å². The first-order chi connectivity index (χ1) is 9.77. The molecule has 0 atom stereocenters. The van der Waals surface area contributed by atoms with Crippen molar-refractivity contribution in [2.75, 3.05) is 18.8 Å². The smallest absolute Gasteiger partial charge is 0.337 e. The second-order valence-corrected chi connectivity index (χ2v) is 5.97. The number of benzene rings is 1. The van der Waals surface area contributed by atoms with Gasteiger partial charge in [0.25, 0.3) is 0 Å². The fourth-order valence-electron chi connectivity index (χ4n) is 1.50. The summed E-state index contributed by atoms with van der Waals surface area (Å²) >= 11 is 0. The van der Waals surface area contributed by atoms with Crippen LogP contribution >= 0.6 is 0 Å². The summed E-state index contributed by atoms with van der Waals surface area (Å²) in [7, 11) is -4.15. The standard InChI is InChI=1S/C12H17N3O5S/c1-2-5-14-11(16)7-15-21(19,20)10-6-8(13)3-4-9(10)12(17)18/h3-4,6,15H,2,5,7,13H2,1H3,(H,14,16)(H,17,18). The number of aromatic carboxylic acids is 1. The number of sulfonamides is 1. The average Bonchev–Trinajstić information content (AvgIpc) is 2.42. The molecule has 8 nitrogen and oxygen atoms in total. The minimum absolute atomic E-state index is 0.107. The molecule has 0 saturated carbocycles. The third-order valence-electron chi connectivity index (χ3n) is 2.52. The second kappa shape index (κ2) is 7.04. The molecule has 1 aromatic rings. The van der Waals surface area contributed by atoms with Crippen LogP contribution in [0, 0.1) is 0 Å². The molecule has 1 rings (SSSR count). The van der Waals surface area contributed by atoms with E-state index < -0.39 is 38.9 Å². The maximum absolute atomic E-state index is 12.1. The van der Waals surface area contributed by atoms with Gasteiger partial charge in [-0.15, -0.1) is 0 Å². The topological polar surface area (TPSA) is 139 Å². The molecule has 0 fully saturated rings. The highest BCUT2D eigenvalue weighted by Crippen LogP contribution is 2.19. The maximum Gasteiger partial charge on any atom is 0.337 e. The summed E-state index contributed by atoms with van der Waals surface area (Å²) < 4.78 is 26.2. The Morgan fingerprint density at radius 2 is 2.00 bits per heavy atom. The SMILES string of the molecule is CCCNC(=O)CNS(=O)(=O)c1cc(N)ccc1C(=O)O. The predicted octanol–water partition coefficient (Wildman–Crippen LogP) is -0.228. The molecule has 1 aromatic carbocycles. The number of nitrogens with one attached hydrogen (secondary N) is 2. The number of carboxylic acid groups (broad SMARTS) is 1. The zero-order valence-electron chi connectivity index (χ0n) is 11.4. The highest BCUT2D eigenvalue weighted by Gasteiger charge is 2.23. The minimum Gasteiger partial charge on any atom is -0.478 e. The number of anilines is 1. The Labute approximate surface area is 122 Å². The van der Waals surface area contributed by atoms with Gasteiger partial charge in [-0.1, -0.05) is 6.92 Å². The van der Waals surface area contributed by atoms with Gasteiger partial charge >= 0.3 is 5.97 Å². The molecule has 1 amide bonds. The van der Waals surface area contributed by atoms with Crippen molar-refractivity contribution in [1.29, 1.82) is 0 Å². The van der Waals surface area contributed by atoms with Gasteiger partial charge in [0.05, 0.1) is 17.0 Å². The van der Waals surface area contributed by atoms with Crippen molar-refractivity contribution in [2.24, 2.45) is 0 Å². The van der Waals surface area contributed by atoms with Crippen LogP contribution in [0.25, 0.3) is 0 Å². The third-order valence-corrected chi connectivity index (χ3v) is 3.96. The monoisotopic (exact) mass is 315 g/mol. The largest absolute Gasteiger partial charge is 0.478 e. The molecule has 0 radical (unpaired) electrons. The molecule has 0 spiro atoms. The van der Waals surface area contributed by atoms with Crippen LogP contribution in [-0.2, 0) is 14.8 Å². The Balaban J connectivity index is 2.95. The molecule has 0 saturated heterocycles. The van der Waals surface area contributed by atoms with Gasteiger partial charge in [-0.3, -0.25) is 4.79 Å². The number of hydrogen-bond donors (Lipinski definition) is 4. The summed E-state index contributed by atoms with van der Waals surface area (Å²) in [5, 5.41) is 11.5. The lowest BCUT2D eigenvalue weighted by Crippen LogP contribution is -2.37. The van der Waals surface area contributed by atoms with Crippen molar-refractivity contribution in [3.8, 4) is 0 Å². The molecule has 21 heavy (non-hydrogen) atoms. The first-order valence-corrected chi connectivity index (χ1v) is 7.65. The van der Waals surface area contributed by atoms with E-state index in [1.165, 1.54) is 6.07 Å². The van der Waals surface area contributed by atoms with Crippen LogP contribution in [0.2, 0.25) is 0 Å². The van der Waals surface area contributed by atoms with Crippen LogP contribution in [0.5, 0.6) is 0 Å². The van der Waals surface area contributed by atoms with Crippen molar-refractivity contribution in [3.05, 3.63) is 23.8 Å². The van der Waals surface area contributed by atoms with E-state index in [2.05, 4.69) is 5.32 Å². The summed E-state index contributed by atoms with van der Waals surface area (Å²) in [6.45, 7) is 1.81. The summed E-state index contributed by atoms with van der Waals surface area (Å²) in [5.74, 6) is -1.90. The van der Waals surface area contributed by atoms with E-state index in [0.717, 1.165) is 18.6 Å². The molecule has 0 aromatic heterocycles. The van der Waals surface area contributed by atoms with Crippen LogP contribution in [-0.4, -0.2) is 38.5 Å². The number of rotatable bonds is 7. The Kier molecular flexibility index (Phi) is 5.68. The van der Waals surface area contributed by atoms with Crippen LogP contribution < -0.4 is 15.8 Å². The molecule has 0 aliphatic rings. The van der Waals surface area contributed by atoms with E-state index in [9.17, 15) is 18.0 Å². The zero-order valence-corrected chi connectivity index (χ0v) is 12.2. The van der Waals surface area contributed by atoms with E-state index in [0.29, 0.717) is 6.54 Å². The fraction of sp³-hybridized carbons (Fsp3) is 0.333. The maximum atomic E-state index is 12.1. The van der Waals surface area contributed by atoms with Gasteiger partial charge in [-0.2, -0.15) is 0 Å². The van der Waals surface area contributed by atoms with Crippen LogP contribution in [0.3, 0.4) is 0 Å². The van der Waals surface area contributed by atoms with E-state index in [1.54, 1.807) is 0 Å². The fourth-order valence-corrected chi connectivity index (χ4v) is 2.72. The predicted molar refractivity (Wildman–Crippen MR) is 76.3 cm³/mol. The molecule has 0 heterocycles. The zero-order chi connectivity index (χ0) is 16.0. The molecule has 0 aliphatic carbocycles. The number of carboxylic acids is 1. The Hall–Kier alpha value is -2.13. The van der Waals surface area contributed by atoms with Gasteiger partial charge in [0.1, 0.15) is 0 Å². The molecule has 0 bridgehead atoms. The Morgan fingerprint density at radius 3 is 2.57 bits per heavy atom. The van der Waals surface area contributed by atoms with Gasteiger partial charge in [0.2, 0.25) is 15.9 Å². The number of carbonyl (C=O) groups excluding carboxylic acids is 1. The number of hydrogen-bond acceptors (Lipinski definition) is 5. The number of nitrogen functional groups attached to an aromatic ring is 1. The van der Waals surface area contributed by atoms with Gasteiger partial charge in [0.15, 0.2) is 0 Å². The van der Waals surface area contributed by atoms with Crippen LogP contribution in [0.4, 0.5) is 5.69 Å². The average molecular weight is 315 g/mol. The Bertz CT molecular complexity index is 642. The van der Waals surface area contributed by atoms with Gasteiger partial charge in [-0.25, -0.2) is 17.9 Å². The molecular weight excluding hydrogens is 298 g/mol. The summed E-state index contributed by atoms with van der Waals surface area (Å²) in [4.78, 5) is 22.0. The Morgan fingerprint density at radius 1 is 1.33 bits per heavy atom. The third kappa shape index (κ3) is 4.72. The van der Waals surface area contributed by atoms with Crippen molar-refractivity contribution in [2.45, 2.75) is 18.2 Å². The van der Waals surface area contributed by atoms with E-state index in [1.807, 2.05) is 11.6 Å². The molecule has 9 heteroatoms.